The van der Waals surface area contributed by atoms with E-state index in [9.17, 15) is 5.11 Å². The first-order chi connectivity index (χ1) is 14.5. The van der Waals surface area contributed by atoms with Gasteiger partial charge in [0, 0.05) is 31.4 Å². The van der Waals surface area contributed by atoms with Gasteiger partial charge in [0.05, 0.1) is 48.6 Å². The minimum absolute atomic E-state index is 0.204. The van der Waals surface area contributed by atoms with Crippen LogP contribution in [0.15, 0.2) is 30.3 Å². The highest BCUT2D eigenvalue weighted by Crippen LogP contribution is 2.43. The quantitative estimate of drug-likeness (QED) is 0.635. The second kappa shape index (κ2) is 9.58. The van der Waals surface area contributed by atoms with Crippen LogP contribution in [0, 0.1) is 0 Å². The van der Waals surface area contributed by atoms with Gasteiger partial charge in [-0.15, -0.1) is 0 Å². The molecule has 30 heavy (non-hydrogen) atoms. The summed E-state index contributed by atoms with van der Waals surface area (Å²) in [7, 11) is 8.96. The molecule has 0 aromatic heterocycles. The van der Waals surface area contributed by atoms with Crippen molar-refractivity contribution < 1.29 is 28.5 Å². The first-order valence-electron chi connectivity index (χ1n) is 10.4. The first-order valence-corrected chi connectivity index (χ1v) is 10.4. The summed E-state index contributed by atoms with van der Waals surface area (Å²) in [6.45, 7) is 2.14. The van der Waals surface area contributed by atoms with Gasteiger partial charge in [0.15, 0.2) is 23.0 Å². The van der Waals surface area contributed by atoms with Gasteiger partial charge in [0.2, 0.25) is 0 Å². The average Bonchev–Trinajstić information content (AvgIpc) is 2.78. The Hall–Kier alpha value is -2.44. The Morgan fingerprint density at radius 1 is 0.900 bits per heavy atom. The molecule has 1 heterocycles. The highest BCUT2D eigenvalue weighted by Gasteiger charge is 2.39. The molecule has 1 aliphatic rings. The van der Waals surface area contributed by atoms with Crippen LogP contribution < -0.4 is 18.9 Å². The number of quaternary nitrogens is 1. The molecule has 2 atom stereocenters. The Balaban J connectivity index is 2.05. The van der Waals surface area contributed by atoms with Crippen LogP contribution in [-0.4, -0.2) is 64.8 Å². The van der Waals surface area contributed by atoms with E-state index in [0.29, 0.717) is 0 Å². The van der Waals surface area contributed by atoms with Crippen molar-refractivity contribution in [2.45, 2.75) is 25.3 Å². The third-order valence-electron chi connectivity index (χ3n) is 6.35. The number of aliphatic hydroxyl groups excluding tert-OH is 1. The molecule has 1 aliphatic heterocycles. The molecule has 3 rings (SSSR count). The van der Waals surface area contributed by atoms with Gasteiger partial charge >= 0.3 is 0 Å². The Morgan fingerprint density at radius 2 is 1.53 bits per heavy atom. The van der Waals surface area contributed by atoms with Crippen LogP contribution in [0.4, 0.5) is 0 Å². The topological polar surface area (TPSA) is 57.2 Å². The summed E-state index contributed by atoms with van der Waals surface area (Å²) in [4.78, 5) is 0. The number of hydrogen-bond acceptors (Lipinski definition) is 5. The molecule has 6 nitrogen and oxygen atoms in total. The van der Waals surface area contributed by atoms with Gasteiger partial charge in [-0.3, -0.25) is 0 Å². The van der Waals surface area contributed by atoms with Crippen molar-refractivity contribution in [2.24, 2.45) is 0 Å². The number of likely N-dealkylation sites (N-methyl/N-ethyl adjacent to an activating group) is 1. The molecule has 1 N–H and O–H groups in total. The number of fused-ring (bicyclic) bond motifs is 1. The van der Waals surface area contributed by atoms with Gasteiger partial charge in [0.25, 0.3) is 0 Å². The molecule has 0 aliphatic carbocycles. The van der Waals surface area contributed by atoms with E-state index >= 15 is 0 Å². The van der Waals surface area contributed by atoms with E-state index in [-0.39, 0.29) is 12.6 Å². The Morgan fingerprint density at radius 3 is 2.17 bits per heavy atom. The molecule has 2 aromatic rings. The number of aliphatic hydroxyl groups is 1. The number of rotatable bonds is 9. The fraction of sp³-hybridized carbons (Fsp3) is 0.500. The van der Waals surface area contributed by atoms with Crippen molar-refractivity contribution in [1.82, 2.24) is 0 Å². The van der Waals surface area contributed by atoms with E-state index in [2.05, 4.69) is 31.3 Å². The molecule has 6 heteroatoms. The standard InChI is InChI=1S/C24H34NO5/c1-25(10-6-12-26)11-9-18-15-23(29-4)24(30-5)16-19(18)20(25)13-17-7-8-21(27-2)22(14-17)28-3/h7-8,14-16,20,26H,6,9-13H2,1-5H3/q+1. The lowest BCUT2D eigenvalue weighted by atomic mass is 9.86. The molecular weight excluding hydrogens is 382 g/mol. The summed E-state index contributed by atoms with van der Waals surface area (Å²) in [5, 5.41) is 9.48. The van der Waals surface area contributed by atoms with Gasteiger partial charge < -0.3 is 28.5 Å². The first kappa shape index (κ1) is 22.2. The van der Waals surface area contributed by atoms with Crippen LogP contribution in [-0.2, 0) is 12.8 Å². The highest BCUT2D eigenvalue weighted by molar-refractivity contribution is 5.50. The van der Waals surface area contributed by atoms with Crippen molar-refractivity contribution in [3.63, 3.8) is 0 Å². The predicted molar refractivity (Wildman–Crippen MR) is 117 cm³/mol. The van der Waals surface area contributed by atoms with Crippen LogP contribution in [0.25, 0.3) is 0 Å². The molecule has 0 fully saturated rings. The molecule has 0 saturated carbocycles. The van der Waals surface area contributed by atoms with Gasteiger partial charge in [-0.2, -0.15) is 0 Å². The zero-order valence-electron chi connectivity index (χ0n) is 18.7. The van der Waals surface area contributed by atoms with Crippen molar-refractivity contribution in [2.75, 3.05) is 55.2 Å². The lowest BCUT2D eigenvalue weighted by Crippen LogP contribution is -2.52. The number of methoxy groups -OCH3 is 4. The van der Waals surface area contributed by atoms with Gasteiger partial charge in [-0.25, -0.2) is 0 Å². The predicted octanol–water partition coefficient (Wildman–Crippen LogP) is 3.39. The Labute approximate surface area is 179 Å². The largest absolute Gasteiger partial charge is 0.493 e. The molecule has 0 radical (unpaired) electrons. The summed E-state index contributed by atoms with van der Waals surface area (Å²) < 4.78 is 22.9. The van der Waals surface area contributed by atoms with Crippen molar-refractivity contribution in [3.05, 3.63) is 47.0 Å². The maximum atomic E-state index is 9.48. The molecule has 2 aromatic carbocycles. The molecule has 164 valence electrons. The zero-order chi connectivity index (χ0) is 21.7. The van der Waals surface area contributed by atoms with E-state index in [4.69, 9.17) is 18.9 Å². The zero-order valence-corrected chi connectivity index (χ0v) is 18.7. The van der Waals surface area contributed by atoms with Gasteiger partial charge in [0.1, 0.15) is 6.04 Å². The molecule has 0 bridgehead atoms. The molecule has 0 amide bonds. The Kier molecular flexibility index (Phi) is 7.10. The fourth-order valence-electron chi connectivity index (χ4n) is 4.59. The average molecular weight is 417 g/mol. The molecule has 2 unspecified atom stereocenters. The van der Waals surface area contributed by atoms with E-state index in [1.807, 2.05) is 6.07 Å². The van der Waals surface area contributed by atoms with E-state index < -0.39 is 0 Å². The number of benzene rings is 2. The molecular formula is C24H34NO5+. The summed E-state index contributed by atoms with van der Waals surface area (Å²) in [6, 6.07) is 10.6. The van der Waals surface area contributed by atoms with Gasteiger partial charge in [-0.1, -0.05) is 6.07 Å². The second-order valence-corrected chi connectivity index (χ2v) is 8.07. The third-order valence-corrected chi connectivity index (χ3v) is 6.35. The van der Waals surface area contributed by atoms with Crippen LogP contribution in [0.1, 0.15) is 29.2 Å². The van der Waals surface area contributed by atoms with Crippen LogP contribution in [0.5, 0.6) is 23.0 Å². The molecule has 0 saturated heterocycles. The minimum atomic E-state index is 0.204. The van der Waals surface area contributed by atoms with E-state index in [1.54, 1.807) is 28.4 Å². The number of ether oxygens (including phenoxy) is 4. The fourth-order valence-corrected chi connectivity index (χ4v) is 4.59. The molecule has 0 spiro atoms. The summed E-state index contributed by atoms with van der Waals surface area (Å²) in [5.74, 6) is 2.99. The van der Waals surface area contributed by atoms with E-state index in [1.165, 1.54) is 16.7 Å². The second-order valence-electron chi connectivity index (χ2n) is 8.07. The number of nitrogens with zero attached hydrogens (tertiary/aromatic N) is 1. The van der Waals surface area contributed by atoms with Crippen molar-refractivity contribution in [3.8, 4) is 23.0 Å². The highest BCUT2D eigenvalue weighted by atomic mass is 16.5. The summed E-state index contributed by atoms with van der Waals surface area (Å²) in [5.41, 5.74) is 3.78. The monoisotopic (exact) mass is 416 g/mol. The van der Waals surface area contributed by atoms with Crippen molar-refractivity contribution in [1.29, 1.82) is 0 Å². The van der Waals surface area contributed by atoms with Crippen LogP contribution in [0.3, 0.4) is 0 Å². The van der Waals surface area contributed by atoms with E-state index in [0.717, 1.165) is 59.8 Å². The maximum Gasteiger partial charge on any atom is 0.161 e. The summed E-state index contributed by atoms with van der Waals surface area (Å²) >= 11 is 0. The Bertz CT molecular complexity index is 869. The van der Waals surface area contributed by atoms with Crippen LogP contribution in [0.2, 0.25) is 0 Å². The summed E-state index contributed by atoms with van der Waals surface area (Å²) in [6.07, 6.45) is 2.60. The third kappa shape index (κ3) is 4.35. The maximum absolute atomic E-state index is 9.48. The normalized spacial score (nSPS) is 20.4. The lowest BCUT2D eigenvalue weighted by molar-refractivity contribution is -0.941. The number of hydrogen-bond donors (Lipinski definition) is 1. The lowest BCUT2D eigenvalue weighted by Gasteiger charge is -2.46. The smallest absolute Gasteiger partial charge is 0.161 e. The SMILES string of the molecule is COc1ccc(CC2c3cc(OC)c(OC)cc3CC[N+]2(C)CCCO)cc1OC. The van der Waals surface area contributed by atoms with Crippen LogP contribution >= 0.6 is 0 Å². The van der Waals surface area contributed by atoms with Gasteiger partial charge in [-0.05, 0) is 35.4 Å². The van der Waals surface area contributed by atoms with Crippen molar-refractivity contribution >= 4 is 0 Å². The minimum Gasteiger partial charge on any atom is -0.493 e.